The number of guanidine groups is 1. The van der Waals surface area contributed by atoms with Gasteiger partial charge in [-0.1, -0.05) is 51.4 Å². The van der Waals surface area contributed by atoms with Crippen LogP contribution in [-0.4, -0.2) is 89.9 Å². The van der Waals surface area contributed by atoms with Crippen LogP contribution in [0, 0.1) is 17.2 Å². The lowest BCUT2D eigenvalue weighted by Gasteiger charge is -2.42. The molecule has 37 heavy (non-hydrogen) atoms. The number of hydrogen-bond acceptors (Lipinski definition) is 6. The summed E-state index contributed by atoms with van der Waals surface area (Å²) in [6.07, 6.45) is 12.5. The summed E-state index contributed by atoms with van der Waals surface area (Å²) in [5.41, 5.74) is -0.901. The van der Waals surface area contributed by atoms with E-state index >= 15 is 0 Å². The molecule has 2 saturated heterocycles. The van der Waals surface area contributed by atoms with Crippen LogP contribution < -0.4 is 10.6 Å². The summed E-state index contributed by atoms with van der Waals surface area (Å²) in [4.78, 5) is 34.4. The number of amides is 2. The lowest BCUT2D eigenvalue weighted by Crippen LogP contribution is -2.58. The number of nitrogens with one attached hydrogen (secondary N) is 2. The first-order chi connectivity index (χ1) is 18.0. The fraction of sp³-hybridized carbons (Fsp3) is 0.852. The van der Waals surface area contributed by atoms with Crippen LogP contribution in [0.25, 0.3) is 0 Å². The quantitative estimate of drug-likeness (QED) is 0.365. The molecule has 2 aliphatic carbocycles. The van der Waals surface area contributed by atoms with Gasteiger partial charge in [-0.3, -0.25) is 10.1 Å². The maximum absolute atomic E-state index is 13.7. The fourth-order valence-electron chi connectivity index (χ4n) is 6.47. The molecular formula is C27H44N6O4. The van der Waals surface area contributed by atoms with Gasteiger partial charge in [0.25, 0.3) is 0 Å². The third-order valence-electron chi connectivity index (χ3n) is 8.71. The second-order valence-corrected chi connectivity index (χ2v) is 11.2. The van der Waals surface area contributed by atoms with Crippen LogP contribution >= 0.6 is 0 Å². The average molecular weight is 517 g/mol. The van der Waals surface area contributed by atoms with E-state index in [1.807, 2.05) is 4.90 Å². The van der Waals surface area contributed by atoms with Crippen molar-refractivity contribution >= 4 is 18.0 Å². The highest BCUT2D eigenvalue weighted by Gasteiger charge is 2.40. The number of carbonyl (C=O) groups excluding carboxylic acids is 1. The molecule has 0 aromatic rings. The van der Waals surface area contributed by atoms with Crippen LogP contribution in [0.15, 0.2) is 4.99 Å². The third-order valence-corrected chi connectivity index (χ3v) is 8.71. The van der Waals surface area contributed by atoms with E-state index in [0.717, 1.165) is 38.8 Å². The second-order valence-electron chi connectivity index (χ2n) is 11.2. The minimum Gasteiger partial charge on any atom is -0.465 e. The Kier molecular flexibility index (Phi) is 10.0. The minimum atomic E-state index is -1.20. The maximum atomic E-state index is 13.7. The van der Waals surface area contributed by atoms with Gasteiger partial charge in [-0.25, -0.2) is 9.79 Å². The summed E-state index contributed by atoms with van der Waals surface area (Å²) < 4.78 is 5.42. The van der Waals surface area contributed by atoms with Crippen molar-refractivity contribution in [2.24, 2.45) is 10.9 Å². The van der Waals surface area contributed by atoms with Crippen molar-refractivity contribution in [1.82, 2.24) is 20.4 Å². The molecule has 0 aromatic carbocycles. The Morgan fingerprint density at radius 2 is 1.62 bits per heavy atom. The molecular weight excluding hydrogens is 472 g/mol. The normalized spacial score (nSPS) is 25.2. The van der Waals surface area contributed by atoms with Crippen molar-refractivity contribution in [3.63, 3.8) is 0 Å². The molecule has 0 bridgehead atoms. The first-order valence-corrected chi connectivity index (χ1v) is 14.4. The van der Waals surface area contributed by atoms with Gasteiger partial charge in [-0.2, -0.15) is 5.26 Å². The summed E-state index contributed by atoms with van der Waals surface area (Å²) in [6, 6.07) is 2.29. The summed E-state index contributed by atoms with van der Waals surface area (Å²) in [5.74, 6) is 0.302. The highest BCUT2D eigenvalue weighted by Crippen LogP contribution is 2.31. The van der Waals surface area contributed by atoms with Gasteiger partial charge in [0.05, 0.1) is 19.3 Å². The molecule has 4 rings (SSSR count). The lowest BCUT2D eigenvalue weighted by molar-refractivity contribution is -0.124. The number of rotatable bonds is 6. The zero-order valence-electron chi connectivity index (χ0n) is 22.1. The van der Waals surface area contributed by atoms with Crippen LogP contribution in [0.2, 0.25) is 0 Å². The Bertz CT molecular complexity index is 832. The number of hydrogen-bond donors (Lipinski definition) is 3. The average Bonchev–Trinajstić information content (AvgIpc) is 2.94. The van der Waals surface area contributed by atoms with E-state index in [2.05, 4.69) is 21.6 Å². The third kappa shape index (κ3) is 7.81. The van der Waals surface area contributed by atoms with Crippen LogP contribution in [0.3, 0.4) is 0 Å². The highest BCUT2D eigenvalue weighted by molar-refractivity contribution is 5.95. The van der Waals surface area contributed by atoms with Crippen LogP contribution in [0.5, 0.6) is 0 Å². The number of morpholine rings is 1. The molecule has 10 nitrogen and oxygen atoms in total. The van der Waals surface area contributed by atoms with Crippen molar-refractivity contribution in [2.75, 3.05) is 39.4 Å². The molecule has 3 N–H and O–H groups in total. The summed E-state index contributed by atoms with van der Waals surface area (Å²) >= 11 is 0. The van der Waals surface area contributed by atoms with Gasteiger partial charge in [0.15, 0.2) is 0 Å². The number of nitriles is 1. The van der Waals surface area contributed by atoms with Crippen LogP contribution in [0.1, 0.15) is 83.5 Å². The Labute approximate surface area is 220 Å². The zero-order valence-corrected chi connectivity index (χ0v) is 22.1. The van der Waals surface area contributed by atoms with Crippen molar-refractivity contribution < 1.29 is 19.4 Å². The number of ether oxygens (including phenoxy) is 1. The second kappa shape index (κ2) is 13.4. The summed E-state index contributed by atoms with van der Waals surface area (Å²) in [6.45, 7) is 3.61. The van der Waals surface area contributed by atoms with Crippen molar-refractivity contribution in [3.8, 4) is 6.07 Å². The molecule has 2 saturated carbocycles. The van der Waals surface area contributed by atoms with Crippen LogP contribution in [0.4, 0.5) is 4.79 Å². The van der Waals surface area contributed by atoms with E-state index in [1.165, 1.54) is 38.5 Å². The Hall–Kier alpha value is -2.38. The van der Waals surface area contributed by atoms with E-state index < -0.39 is 17.7 Å². The Morgan fingerprint density at radius 1 is 1.00 bits per heavy atom. The minimum absolute atomic E-state index is 0.199. The largest absolute Gasteiger partial charge is 0.465 e. The number of likely N-dealkylation sites (tertiary alicyclic amines) is 1. The number of aliphatic imine (C=N–C) groups is 1. The standard InChI is InChI=1S/C27H44N6O4/c28-20-27(11-13-32(14-12-27)22-9-5-2-6-10-22)31-24(34)23(19-21-7-3-1-4-8-21)29-25(30-26(35)36)33-15-17-37-18-16-33/h21-23H,1-19H2,(H,29,30)(H,31,34)(H,35,36). The van der Waals surface area contributed by atoms with Crippen molar-refractivity contribution in [3.05, 3.63) is 0 Å². The van der Waals surface area contributed by atoms with Crippen LogP contribution in [-0.2, 0) is 9.53 Å². The van der Waals surface area contributed by atoms with Gasteiger partial charge in [-0.05, 0) is 38.0 Å². The molecule has 0 aromatic heterocycles. The molecule has 2 heterocycles. The predicted molar refractivity (Wildman–Crippen MR) is 140 cm³/mol. The molecule has 4 fully saturated rings. The number of nitrogens with zero attached hydrogens (tertiary/aromatic N) is 4. The molecule has 206 valence electrons. The summed E-state index contributed by atoms with van der Waals surface area (Å²) in [7, 11) is 0. The van der Waals surface area contributed by atoms with Gasteiger partial charge in [0.1, 0.15) is 11.6 Å². The maximum Gasteiger partial charge on any atom is 0.411 e. The molecule has 0 spiro atoms. The monoisotopic (exact) mass is 516 g/mol. The Morgan fingerprint density at radius 3 is 2.22 bits per heavy atom. The topological polar surface area (TPSA) is 130 Å². The molecule has 10 heteroatoms. The van der Waals surface area contributed by atoms with Gasteiger partial charge in [0, 0.05) is 32.2 Å². The van der Waals surface area contributed by atoms with E-state index in [9.17, 15) is 20.0 Å². The van der Waals surface area contributed by atoms with E-state index in [-0.39, 0.29) is 11.9 Å². The Balaban J connectivity index is 1.48. The predicted octanol–water partition coefficient (Wildman–Crippen LogP) is 3.09. The fourth-order valence-corrected chi connectivity index (χ4v) is 6.47. The van der Waals surface area contributed by atoms with E-state index in [0.29, 0.717) is 57.5 Å². The van der Waals surface area contributed by atoms with Crippen molar-refractivity contribution in [1.29, 1.82) is 5.26 Å². The SMILES string of the molecule is N#CC1(NC(=O)C(CC2CCCCC2)N=C(NC(=O)O)N2CCOCC2)CCN(C2CCCCC2)CC1. The molecule has 4 aliphatic rings. The molecule has 2 aliphatic heterocycles. The zero-order chi connectivity index (χ0) is 26.1. The molecule has 2 amide bonds. The summed E-state index contributed by atoms with van der Waals surface area (Å²) in [5, 5.41) is 25.2. The van der Waals surface area contributed by atoms with E-state index in [1.54, 1.807) is 0 Å². The number of carboxylic acid groups (broad SMARTS) is 1. The van der Waals surface area contributed by atoms with Gasteiger partial charge < -0.3 is 25.0 Å². The van der Waals surface area contributed by atoms with Gasteiger partial charge in [0.2, 0.25) is 11.9 Å². The first-order valence-electron chi connectivity index (χ1n) is 14.4. The lowest BCUT2D eigenvalue weighted by atomic mass is 9.83. The smallest absolute Gasteiger partial charge is 0.411 e. The number of piperidine rings is 1. The van der Waals surface area contributed by atoms with Gasteiger partial charge >= 0.3 is 6.09 Å². The van der Waals surface area contributed by atoms with E-state index in [4.69, 9.17) is 9.73 Å². The van der Waals surface area contributed by atoms with Crippen molar-refractivity contribution in [2.45, 2.75) is 101 Å². The number of carbonyl (C=O) groups is 2. The van der Waals surface area contributed by atoms with Gasteiger partial charge in [-0.15, -0.1) is 0 Å². The molecule has 1 unspecified atom stereocenters. The highest BCUT2D eigenvalue weighted by atomic mass is 16.5. The first kappa shape index (κ1) is 27.6. The molecule has 1 atom stereocenters. The molecule has 0 radical (unpaired) electrons.